The molecule has 4 rings (SSSR count). The molecule has 0 radical (unpaired) electrons. The number of nitrogens with one attached hydrogen (secondary N) is 1. The number of rotatable bonds is 7. The van der Waals surface area contributed by atoms with Gasteiger partial charge in [-0.25, -0.2) is 13.1 Å². The second-order valence-corrected chi connectivity index (χ2v) is 10.4. The first kappa shape index (κ1) is 18.4. The molecule has 0 bridgehead atoms. The third-order valence-corrected chi connectivity index (χ3v) is 8.20. The minimum atomic E-state index is -3.07. The lowest BCUT2D eigenvalue weighted by Gasteiger charge is -2.50. The van der Waals surface area contributed by atoms with Gasteiger partial charge in [0.1, 0.15) is 0 Å². The van der Waals surface area contributed by atoms with Gasteiger partial charge in [0.2, 0.25) is 10.0 Å². The zero-order chi connectivity index (χ0) is 18.4. The van der Waals surface area contributed by atoms with Crippen molar-refractivity contribution in [3.05, 3.63) is 34.9 Å². The maximum Gasteiger partial charge on any atom is 0.214 e. The van der Waals surface area contributed by atoms with Crippen molar-refractivity contribution in [2.24, 2.45) is 5.92 Å². The number of ether oxygens (including phenoxy) is 1. The Morgan fingerprint density at radius 2 is 2.00 bits per heavy atom. The van der Waals surface area contributed by atoms with Crippen LogP contribution in [0.1, 0.15) is 42.4 Å². The number of nitrogens with zero attached hydrogens (tertiary/aromatic N) is 1. The minimum absolute atomic E-state index is 0.0528. The predicted molar refractivity (Wildman–Crippen MR) is 103 cm³/mol. The first-order valence-corrected chi connectivity index (χ1v) is 11.3. The Balaban J connectivity index is 1.29. The quantitative estimate of drug-likeness (QED) is 0.791. The third-order valence-electron chi connectivity index (χ3n) is 6.24. The summed E-state index contributed by atoms with van der Waals surface area (Å²) in [7, 11) is -3.07. The normalized spacial score (nSPS) is 25.5. The summed E-state index contributed by atoms with van der Waals surface area (Å²) in [5, 5.41) is -0.131. The zero-order valence-corrected chi connectivity index (χ0v) is 16.6. The Hall–Kier alpha value is -0.950. The van der Waals surface area contributed by atoms with Crippen LogP contribution in [0.25, 0.3) is 0 Å². The van der Waals surface area contributed by atoms with Gasteiger partial charge in [-0.2, -0.15) is 0 Å². The van der Waals surface area contributed by atoms with E-state index in [-0.39, 0.29) is 10.9 Å². The van der Waals surface area contributed by atoms with Gasteiger partial charge < -0.3 is 4.74 Å². The average Bonchev–Trinajstić information content (AvgIpc) is 3.33. The second-order valence-electron chi connectivity index (χ2n) is 8.40. The standard InChI is InChI=1S/C20H30N2O3S/c1-15-3-4-16(2)17(11-15)12-22-13-20(14-22)18(8-10-25-20)7-9-21-26(23,24)19-5-6-19/h3-4,11,18-19,21H,5-10,12-14H2,1-2H3/t18-/m0/s1. The van der Waals surface area contributed by atoms with Crippen LogP contribution in [-0.4, -0.2) is 50.4 Å². The van der Waals surface area contributed by atoms with Gasteiger partial charge in [-0.3, -0.25) is 4.90 Å². The molecular weight excluding hydrogens is 348 g/mol. The fourth-order valence-corrected chi connectivity index (χ4v) is 5.84. The van der Waals surface area contributed by atoms with Gasteiger partial charge in [0.05, 0.1) is 10.9 Å². The molecule has 5 nitrogen and oxygen atoms in total. The summed E-state index contributed by atoms with van der Waals surface area (Å²) in [6, 6.07) is 6.64. The van der Waals surface area contributed by atoms with Crippen LogP contribution in [0, 0.1) is 19.8 Å². The summed E-state index contributed by atoms with van der Waals surface area (Å²) < 4.78 is 32.9. The monoisotopic (exact) mass is 378 g/mol. The van der Waals surface area contributed by atoms with Crippen molar-refractivity contribution in [2.75, 3.05) is 26.2 Å². The number of aryl methyl sites for hydroxylation is 2. The second kappa shape index (κ2) is 6.89. The summed E-state index contributed by atoms with van der Waals surface area (Å²) >= 11 is 0. The highest BCUT2D eigenvalue weighted by molar-refractivity contribution is 7.90. The largest absolute Gasteiger partial charge is 0.372 e. The van der Waals surface area contributed by atoms with E-state index < -0.39 is 10.0 Å². The zero-order valence-electron chi connectivity index (χ0n) is 15.8. The Morgan fingerprint density at radius 1 is 1.23 bits per heavy atom. The molecule has 1 aliphatic carbocycles. The lowest BCUT2D eigenvalue weighted by molar-refractivity contribution is -0.136. The summed E-state index contributed by atoms with van der Waals surface area (Å²) in [5.74, 6) is 0.458. The maximum absolute atomic E-state index is 12.0. The molecule has 3 aliphatic rings. The van der Waals surface area contributed by atoms with Gasteiger partial charge in [-0.1, -0.05) is 23.8 Å². The highest BCUT2D eigenvalue weighted by Gasteiger charge is 2.52. The molecule has 1 atom stereocenters. The van der Waals surface area contributed by atoms with E-state index in [4.69, 9.17) is 4.74 Å². The highest BCUT2D eigenvalue weighted by Crippen LogP contribution is 2.42. The third kappa shape index (κ3) is 3.70. The van der Waals surface area contributed by atoms with Gasteiger partial charge in [-0.15, -0.1) is 0 Å². The van der Waals surface area contributed by atoms with Crippen molar-refractivity contribution in [3.63, 3.8) is 0 Å². The highest BCUT2D eigenvalue weighted by atomic mass is 32.2. The van der Waals surface area contributed by atoms with Crippen LogP contribution < -0.4 is 4.72 Å². The van der Waals surface area contributed by atoms with Crippen molar-refractivity contribution < 1.29 is 13.2 Å². The van der Waals surface area contributed by atoms with Crippen LogP contribution in [0.3, 0.4) is 0 Å². The molecule has 2 heterocycles. The van der Waals surface area contributed by atoms with Crippen molar-refractivity contribution in [1.82, 2.24) is 9.62 Å². The van der Waals surface area contributed by atoms with E-state index in [1.807, 2.05) is 0 Å². The van der Waals surface area contributed by atoms with Gasteiger partial charge in [0.15, 0.2) is 0 Å². The average molecular weight is 379 g/mol. The van der Waals surface area contributed by atoms with Crippen molar-refractivity contribution >= 4 is 10.0 Å². The maximum atomic E-state index is 12.0. The SMILES string of the molecule is Cc1ccc(C)c(CN2CC3(C2)OCC[C@@H]3CCNS(=O)(=O)C2CC2)c1. The molecule has 0 amide bonds. The Labute approximate surface area is 157 Å². The molecular formula is C20H30N2O3S. The van der Waals surface area contributed by atoms with Gasteiger partial charge in [0.25, 0.3) is 0 Å². The molecule has 1 spiro atoms. The van der Waals surface area contributed by atoms with Crippen molar-refractivity contribution in [2.45, 2.75) is 56.9 Å². The molecule has 1 aromatic rings. The lowest BCUT2D eigenvalue weighted by Crippen LogP contribution is -2.64. The first-order valence-electron chi connectivity index (χ1n) is 9.79. The summed E-state index contributed by atoms with van der Waals surface area (Å²) in [6.07, 6.45) is 3.56. The smallest absolute Gasteiger partial charge is 0.214 e. The Bertz CT molecular complexity index is 767. The summed E-state index contributed by atoms with van der Waals surface area (Å²) in [4.78, 5) is 2.45. The van der Waals surface area contributed by atoms with Crippen LogP contribution >= 0.6 is 0 Å². The molecule has 144 valence electrons. The number of sulfonamides is 1. The van der Waals surface area contributed by atoms with Crippen LogP contribution in [0.2, 0.25) is 0 Å². The van der Waals surface area contributed by atoms with E-state index in [2.05, 4.69) is 41.7 Å². The molecule has 3 fully saturated rings. The Morgan fingerprint density at radius 3 is 2.73 bits per heavy atom. The van der Waals surface area contributed by atoms with E-state index in [1.165, 1.54) is 16.7 Å². The number of benzene rings is 1. The first-order chi connectivity index (χ1) is 12.4. The van der Waals surface area contributed by atoms with Gasteiger partial charge in [-0.05, 0) is 56.6 Å². The van der Waals surface area contributed by atoms with E-state index in [0.29, 0.717) is 12.5 Å². The van der Waals surface area contributed by atoms with Crippen LogP contribution in [0.15, 0.2) is 18.2 Å². The van der Waals surface area contributed by atoms with E-state index in [9.17, 15) is 8.42 Å². The van der Waals surface area contributed by atoms with E-state index in [0.717, 1.165) is 51.9 Å². The van der Waals surface area contributed by atoms with E-state index >= 15 is 0 Å². The molecule has 2 aliphatic heterocycles. The fourth-order valence-electron chi connectivity index (χ4n) is 4.45. The molecule has 1 aromatic carbocycles. The molecule has 2 saturated heterocycles. The topological polar surface area (TPSA) is 58.6 Å². The summed E-state index contributed by atoms with van der Waals surface area (Å²) in [5.41, 5.74) is 3.99. The van der Waals surface area contributed by atoms with Crippen LogP contribution in [0.4, 0.5) is 0 Å². The van der Waals surface area contributed by atoms with E-state index in [1.54, 1.807) is 0 Å². The number of hydrogen-bond acceptors (Lipinski definition) is 4. The van der Waals surface area contributed by atoms with Gasteiger partial charge in [0, 0.05) is 32.8 Å². The fraction of sp³-hybridized carbons (Fsp3) is 0.700. The van der Waals surface area contributed by atoms with Gasteiger partial charge >= 0.3 is 0 Å². The lowest BCUT2D eigenvalue weighted by atomic mass is 9.78. The molecule has 1 saturated carbocycles. The molecule has 26 heavy (non-hydrogen) atoms. The predicted octanol–water partition coefficient (Wildman–Crippen LogP) is 2.37. The number of hydrogen-bond donors (Lipinski definition) is 1. The molecule has 6 heteroatoms. The summed E-state index contributed by atoms with van der Waals surface area (Å²) in [6.45, 7) is 8.55. The van der Waals surface area contributed by atoms with Crippen molar-refractivity contribution in [3.8, 4) is 0 Å². The number of likely N-dealkylation sites (tertiary alicyclic amines) is 1. The van der Waals surface area contributed by atoms with Crippen LogP contribution in [-0.2, 0) is 21.3 Å². The molecule has 0 unspecified atom stereocenters. The minimum Gasteiger partial charge on any atom is -0.372 e. The van der Waals surface area contributed by atoms with Crippen LogP contribution in [0.5, 0.6) is 0 Å². The van der Waals surface area contributed by atoms with Crippen molar-refractivity contribution in [1.29, 1.82) is 0 Å². The molecule has 0 aromatic heterocycles. The Kier molecular flexibility index (Phi) is 4.88. The molecule has 1 N–H and O–H groups in total.